The Morgan fingerprint density at radius 2 is 1.04 bits per heavy atom. The predicted molar refractivity (Wildman–Crippen MR) is 88.2 cm³/mol. The first-order valence-corrected chi connectivity index (χ1v) is 9.82. The van der Waals surface area contributed by atoms with Crippen molar-refractivity contribution in [2.45, 2.75) is 9.79 Å². The van der Waals surface area contributed by atoms with Gasteiger partial charge in [0.2, 0.25) is 0 Å². The minimum atomic E-state index is -4.34. The fourth-order valence-corrected chi connectivity index (χ4v) is 5.40. The molecule has 2 aromatic carbocycles. The monoisotopic (exact) mass is 394 g/mol. The molecule has 23 heavy (non-hydrogen) atoms. The molecule has 0 aromatic heterocycles. The summed E-state index contributed by atoms with van der Waals surface area (Å²) in [4.78, 5) is -0.428. The van der Waals surface area contributed by atoms with Crippen LogP contribution >= 0.6 is 23.2 Å². The third-order valence-corrected chi connectivity index (χ3v) is 7.50. The van der Waals surface area contributed by atoms with E-state index in [1.54, 1.807) is 0 Å². The maximum atomic E-state index is 12.6. The summed E-state index contributed by atoms with van der Waals surface area (Å²) in [6, 6.07) is 10.3. The van der Waals surface area contributed by atoms with Gasteiger partial charge in [-0.1, -0.05) is 23.2 Å². The van der Waals surface area contributed by atoms with Crippen molar-refractivity contribution < 1.29 is 16.8 Å². The highest BCUT2D eigenvalue weighted by molar-refractivity contribution is 8.04. The molecule has 0 bridgehead atoms. The van der Waals surface area contributed by atoms with E-state index in [1.165, 1.54) is 55.6 Å². The lowest BCUT2D eigenvalue weighted by Crippen LogP contribution is -2.44. The van der Waals surface area contributed by atoms with Gasteiger partial charge in [-0.05, 0) is 52.4 Å². The summed E-state index contributed by atoms with van der Waals surface area (Å²) in [6.45, 7) is 0. The molecule has 0 atom stereocenters. The van der Waals surface area contributed by atoms with Gasteiger partial charge in [-0.2, -0.15) is 0 Å². The molecule has 1 N–H and O–H groups in total. The van der Waals surface area contributed by atoms with E-state index in [2.05, 4.69) is 5.43 Å². The summed E-state index contributed by atoms with van der Waals surface area (Å²) >= 11 is 11.4. The SMILES string of the molecule is CNN(S(=O)(=O)c1ccc(Cl)cc1)S(=O)(=O)c1ccc(Cl)cc1. The minimum absolute atomic E-state index is 0.201. The smallest absolute Gasteiger partial charge is 0.230 e. The number of hydrazine groups is 1. The Kier molecular flexibility index (Phi) is 5.34. The number of rotatable bonds is 5. The molecule has 0 aliphatic rings. The molecule has 0 amide bonds. The maximum absolute atomic E-state index is 12.6. The lowest BCUT2D eigenvalue weighted by Gasteiger charge is -2.20. The van der Waals surface area contributed by atoms with E-state index in [4.69, 9.17) is 23.2 Å². The zero-order chi connectivity index (χ0) is 17.3. The quantitative estimate of drug-likeness (QED) is 0.787. The van der Waals surface area contributed by atoms with Crippen LogP contribution in [0.5, 0.6) is 0 Å². The lowest BCUT2D eigenvalue weighted by atomic mass is 10.4. The molecule has 10 heteroatoms. The molecule has 2 aromatic rings. The number of benzene rings is 2. The Balaban J connectivity index is 2.53. The third kappa shape index (κ3) is 3.68. The van der Waals surface area contributed by atoms with Crippen LogP contribution < -0.4 is 5.43 Å². The Morgan fingerprint density at radius 3 is 1.30 bits per heavy atom. The zero-order valence-corrected chi connectivity index (χ0v) is 14.9. The topological polar surface area (TPSA) is 83.6 Å². The first-order chi connectivity index (χ1) is 10.7. The Labute approximate surface area is 144 Å². The summed E-state index contributed by atoms with van der Waals surface area (Å²) in [5, 5.41) is 0.668. The molecule has 0 fully saturated rings. The molecule has 124 valence electrons. The standard InChI is InChI=1S/C13H12Cl2N2O4S2/c1-16-17(22(18,19)12-6-2-10(14)3-7-12)23(20,21)13-8-4-11(15)5-9-13/h2-9,16H,1H3. The van der Waals surface area contributed by atoms with Crippen LogP contribution in [0.3, 0.4) is 0 Å². The van der Waals surface area contributed by atoms with Crippen molar-refractivity contribution >= 4 is 43.2 Å². The molecule has 0 aliphatic heterocycles. The van der Waals surface area contributed by atoms with Gasteiger partial charge >= 0.3 is 0 Å². The number of halogens is 2. The van der Waals surface area contributed by atoms with Crippen molar-refractivity contribution in [1.29, 1.82) is 0 Å². The van der Waals surface area contributed by atoms with Crippen LogP contribution in [-0.4, -0.2) is 27.7 Å². The second kappa shape index (κ2) is 6.76. The average molecular weight is 395 g/mol. The first-order valence-electron chi connectivity index (χ1n) is 6.18. The van der Waals surface area contributed by atoms with Gasteiger partial charge < -0.3 is 0 Å². The van der Waals surface area contributed by atoms with Crippen molar-refractivity contribution in [3.05, 3.63) is 58.6 Å². The molecule has 6 nitrogen and oxygen atoms in total. The number of hydrogen-bond acceptors (Lipinski definition) is 5. The summed E-state index contributed by atoms with van der Waals surface area (Å²) in [6.07, 6.45) is 0. The normalized spacial score (nSPS) is 12.5. The Morgan fingerprint density at radius 1 is 0.739 bits per heavy atom. The number of nitrogens with zero attached hydrogens (tertiary/aromatic N) is 1. The summed E-state index contributed by atoms with van der Waals surface area (Å²) < 4.78 is 50.5. The summed E-state index contributed by atoms with van der Waals surface area (Å²) in [5.41, 5.74) is 2.20. The van der Waals surface area contributed by atoms with Crippen molar-refractivity contribution in [3.63, 3.8) is 0 Å². The fourth-order valence-electron chi connectivity index (χ4n) is 1.77. The van der Waals surface area contributed by atoms with Gasteiger partial charge in [0.15, 0.2) is 0 Å². The van der Waals surface area contributed by atoms with Gasteiger partial charge in [0.05, 0.1) is 9.79 Å². The number of sulfonamides is 2. The first kappa shape index (κ1) is 18.2. The second-order valence-electron chi connectivity index (χ2n) is 4.34. The van der Waals surface area contributed by atoms with Crippen LogP contribution in [0.2, 0.25) is 10.0 Å². The maximum Gasteiger partial charge on any atom is 0.269 e. The molecular formula is C13H12Cl2N2O4S2. The van der Waals surface area contributed by atoms with Crippen molar-refractivity contribution in [3.8, 4) is 0 Å². The van der Waals surface area contributed by atoms with Crippen LogP contribution in [0.1, 0.15) is 0 Å². The van der Waals surface area contributed by atoms with Crippen molar-refractivity contribution in [1.82, 2.24) is 9.25 Å². The van der Waals surface area contributed by atoms with Gasteiger partial charge in [-0.3, -0.25) is 0 Å². The van der Waals surface area contributed by atoms with E-state index >= 15 is 0 Å². The zero-order valence-electron chi connectivity index (χ0n) is 11.8. The molecule has 0 unspecified atom stereocenters. The highest BCUT2D eigenvalue weighted by Gasteiger charge is 2.35. The Bertz CT molecular complexity index is 820. The van der Waals surface area contributed by atoms with Crippen molar-refractivity contribution in [2.24, 2.45) is 0 Å². The lowest BCUT2D eigenvalue weighted by molar-refractivity contribution is 0.453. The van der Waals surface area contributed by atoms with E-state index in [9.17, 15) is 16.8 Å². The summed E-state index contributed by atoms with van der Waals surface area (Å²) in [5.74, 6) is 0. The van der Waals surface area contributed by atoms with E-state index in [-0.39, 0.29) is 13.6 Å². The molecule has 0 aliphatic carbocycles. The molecular weight excluding hydrogens is 383 g/mol. The van der Waals surface area contributed by atoms with E-state index in [0.717, 1.165) is 0 Å². The molecule has 0 spiro atoms. The van der Waals surface area contributed by atoms with Crippen LogP contribution in [0, 0.1) is 0 Å². The van der Waals surface area contributed by atoms with Gasteiger partial charge in [0, 0.05) is 17.1 Å². The number of hydrogen-bond donors (Lipinski definition) is 1. The third-order valence-electron chi connectivity index (χ3n) is 2.84. The molecule has 0 saturated carbocycles. The molecule has 0 heterocycles. The van der Waals surface area contributed by atoms with Gasteiger partial charge in [-0.25, -0.2) is 22.3 Å². The highest BCUT2D eigenvalue weighted by Crippen LogP contribution is 2.24. The summed E-state index contributed by atoms with van der Waals surface area (Å²) in [7, 11) is -7.49. The van der Waals surface area contributed by atoms with Crippen LogP contribution in [0.25, 0.3) is 0 Å². The highest BCUT2D eigenvalue weighted by atomic mass is 35.5. The Hall–Kier alpha value is -1.16. The van der Waals surface area contributed by atoms with E-state index in [0.29, 0.717) is 10.0 Å². The van der Waals surface area contributed by atoms with Gasteiger partial charge in [-0.15, -0.1) is 0 Å². The largest absolute Gasteiger partial charge is 0.269 e. The van der Waals surface area contributed by atoms with E-state index in [1.807, 2.05) is 0 Å². The van der Waals surface area contributed by atoms with Crippen LogP contribution in [0.4, 0.5) is 0 Å². The molecule has 0 radical (unpaired) electrons. The molecule has 2 rings (SSSR count). The van der Waals surface area contributed by atoms with Crippen LogP contribution in [-0.2, 0) is 20.0 Å². The van der Waals surface area contributed by atoms with Crippen molar-refractivity contribution in [2.75, 3.05) is 7.05 Å². The van der Waals surface area contributed by atoms with E-state index < -0.39 is 20.0 Å². The fraction of sp³-hybridized carbons (Fsp3) is 0.0769. The second-order valence-corrected chi connectivity index (χ2v) is 9.02. The van der Waals surface area contributed by atoms with Crippen LogP contribution in [0.15, 0.2) is 58.3 Å². The molecule has 0 saturated heterocycles. The van der Waals surface area contributed by atoms with Gasteiger partial charge in [0.25, 0.3) is 20.0 Å². The predicted octanol–water partition coefficient (Wildman–Crippen LogP) is 2.51. The number of nitrogens with one attached hydrogen (secondary N) is 1. The minimum Gasteiger partial charge on any atom is -0.230 e. The average Bonchev–Trinajstić information content (AvgIpc) is 2.48. The van der Waals surface area contributed by atoms with Gasteiger partial charge in [0.1, 0.15) is 0 Å².